The van der Waals surface area contributed by atoms with Crippen molar-refractivity contribution in [2.24, 2.45) is 0 Å². The highest BCUT2D eigenvalue weighted by atomic mass is 79.9. The van der Waals surface area contributed by atoms with Crippen molar-refractivity contribution in [1.29, 1.82) is 0 Å². The van der Waals surface area contributed by atoms with Gasteiger partial charge in [-0.2, -0.15) is 0 Å². The zero-order valence-corrected chi connectivity index (χ0v) is 15.6. The third-order valence-electron chi connectivity index (χ3n) is 3.68. The Morgan fingerprint density at radius 3 is 2.48 bits per heavy atom. The summed E-state index contributed by atoms with van der Waals surface area (Å²) >= 11 is 10.3. The Hall–Kier alpha value is -1.43. The molecule has 2 aromatic rings. The molecule has 23 heavy (non-hydrogen) atoms. The second kappa shape index (κ2) is 6.99. The fraction of sp³-hybridized carbons (Fsp3) is 0.111. The third-order valence-corrected chi connectivity index (χ3v) is 5.74. The van der Waals surface area contributed by atoms with Gasteiger partial charge in [0.1, 0.15) is 4.32 Å². The molecule has 0 unspecified atom stereocenters. The van der Waals surface area contributed by atoms with Crippen LogP contribution in [-0.4, -0.2) is 15.1 Å². The predicted molar refractivity (Wildman–Crippen MR) is 104 cm³/mol. The molecule has 0 N–H and O–H groups in total. The molecule has 5 heteroatoms. The number of thioether (sulfide) groups is 1. The van der Waals surface area contributed by atoms with Gasteiger partial charge in [0.2, 0.25) is 0 Å². The summed E-state index contributed by atoms with van der Waals surface area (Å²) in [6.45, 7) is 2.00. The normalized spacial score (nSPS) is 17.8. The highest BCUT2D eigenvalue weighted by molar-refractivity contribution is 9.10. The van der Waals surface area contributed by atoms with E-state index in [2.05, 4.69) is 15.9 Å². The van der Waals surface area contributed by atoms with Crippen LogP contribution in [0, 0.1) is 0 Å². The maximum Gasteiger partial charge on any atom is 0.266 e. The minimum atomic E-state index is -0.0752. The van der Waals surface area contributed by atoms with E-state index in [0.29, 0.717) is 9.23 Å². The van der Waals surface area contributed by atoms with Crippen LogP contribution in [0.4, 0.5) is 0 Å². The first kappa shape index (κ1) is 16.4. The Kier molecular flexibility index (Phi) is 4.99. The number of rotatable bonds is 3. The molecule has 0 spiro atoms. The molecular weight excluding hydrogens is 390 g/mol. The lowest BCUT2D eigenvalue weighted by Gasteiger charge is -2.23. The van der Waals surface area contributed by atoms with Crippen LogP contribution < -0.4 is 0 Å². The Balaban J connectivity index is 1.90. The van der Waals surface area contributed by atoms with Crippen molar-refractivity contribution in [3.05, 3.63) is 75.1 Å². The number of hydrogen-bond acceptors (Lipinski definition) is 3. The van der Waals surface area contributed by atoms with Gasteiger partial charge in [-0.25, -0.2) is 0 Å². The van der Waals surface area contributed by atoms with Crippen LogP contribution in [0.15, 0.2) is 64.0 Å². The lowest BCUT2D eigenvalue weighted by atomic mass is 10.1. The summed E-state index contributed by atoms with van der Waals surface area (Å²) in [6, 6.07) is 17.7. The SMILES string of the molecule is C[C@H](c1ccccc1)N1C(=O)/C(=C/c2ccccc2Br)SC1=S. The highest BCUT2D eigenvalue weighted by Gasteiger charge is 2.35. The molecular formula is C18H14BrNOS2. The molecule has 1 aliphatic heterocycles. The van der Waals surface area contributed by atoms with Gasteiger partial charge in [0, 0.05) is 4.47 Å². The number of carbonyl (C=O) groups excluding carboxylic acids is 1. The Bertz CT molecular complexity index is 789. The maximum atomic E-state index is 12.8. The minimum Gasteiger partial charge on any atom is -0.286 e. The Morgan fingerprint density at radius 1 is 1.13 bits per heavy atom. The smallest absolute Gasteiger partial charge is 0.266 e. The van der Waals surface area contributed by atoms with E-state index in [4.69, 9.17) is 12.2 Å². The molecule has 0 bridgehead atoms. The zero-order chi connectivity index (χ0) is 16.4. The second-order valence-corrected chi connectivity index (χ2v) is 7.69. The number of amides is 1. The van der Waals surface area contributed by atoms with Gasteiger partial charge in [-0.05, 0) is 30.2 Å². The molecule has 1 amide bonds. The van der Waals surface area contributed by atoms with E-state index < -0.39 is 0 Å². The summed E-state index contributed by atoms with van der Waals surface area (Å²) in [7, 11) is 0. The summed E-state index contributed by atoms with van der Waals surface area (Å²) < 4.78 is 1.56. The summed E-state index contributed by atoms with van der Waals surface area (Å²) in [5.74, 6) is -0.0351. The number of halogens is 1. The van der Waals surface area contributed by atoms with E-state index in [1.54, 1.807) is 4.90 Å². The van der Waals surface area contributed by atoms with E-state index >= 15 is 0 Å². The molecule has 0 aromatic heterocycles. The lowest BCUT2D eigenvalue weighted by molar-refractivity contribution is -0.123. The quantitative estimate of drug-likeness (QED) is 0.504. The van der Waals surface area contributed by atoms with Crippen LogP contribution in [0.25, 0.3) is 6.08 Å². The molecule has 2 nitrogen and oxygen atoms in total. The van der Waals surface area contributed by atoms with Crippen molar-refractivity contribution < 1.29 is 4.79 Å². The van der Waals surface area contributed by atoms with E-state index in [-0.39, 0.29) is 11.9 Å². The molecule has 3 rings (SSSR count). The van der Waals surface area contributed by atoms with Crippen LogP contribution in [-0.2, 0) is 4.79 Å². The van der Waals surface area contributed by atoms with Crippen molar-refractivity contribution in [2.45, 2.75) is 13.0 Å². The van der Waals surface area contributed by atoms with Crippen molar-refractivity contribution in [2.75, 3.05) is 0 Å². The molecule has 0 aliphatic carbocycles. The van der Waals surface area contributed by atoms with Crippen LogP contribution in [0.3, 0.4) is 0 Å². The van der Waals surface area contributed by atoms with Crippen LogP contribution in [0.1, 0.15) is 24.1 Å². The van der Waals surface area contributed by atoms with Crippen molar-refractivity contribution in [3.8, 4) is 0 Å². The number of carbonyl (C=O) groups is 1. The number of benzene rings is 2. The Labute approximate surface area is 153 Å². The van der Waals surface area contributed by atoms with Gasteiger partial charge in [0.05, 0.1) is 10.9 Å². The van der Waals surface area contributed by atoms with Crippen molar-refractivity contribution >= 4 is 56.2 Å². The largest absolute Gasteiger partial charge is 0.286 e. The zero-order valence-electron chi connectivity index (χ0n) is 12.4. The fourth-order valence-corrected chi connectivity index (χ4v) is 4.24. The first-order valence-electron chi connectivity index (χ1n) is 7.14. The fourth-order valence-electron chi connectivity index (χ4n) is 2.43. The molecule has 1 saturated heterocycles. The average molecular weight is 404 g/mol. The molecule has 0 radical (unpaired) electrons. The third kappa shape index (κ3) is 3.42. The van der Waals surface area contributed by atoms with Gasteiger partial charge in [-0.1, -0.05) is 88.4 Å². The predicted octanol–water partition coefficient (Wildman–Crippen LogP) is 5.41. The lowest BCUT2D eigenvalue weighted by Crippen LogP contribution is -2.30. The molecule has 1 fully saturated rings. The van der Waals surface area contributed by atoms with E-state index in [9.17, 15) is 4.79 Å². The summed E-state index contributed by atoms with van der Waals surface area (Å²) in [5, 5.41) is 0. The van der Waals surface area contributed by atoms with Crippen LogP contribution >= 0.6 is 39.9 Å². The number of thiocarbonyl (C=S) groups is 1. The maximum absolute atomic E-state index is 12.8. The van der Waals surface area contributed by atoms with E-state index in [1.165, 1.54) is 11.8 Å². The van der Waals surface area contributed by atoms with Crippen molar-refractivity contribution in [1.82, 2.24) is 4.90 Å². The van der Waals surface area contributed by atoms with Gasteiger partial charge in [-0.3, -0.25) is 9.69 Å². The molecule has 2 aromatic carbocycles. The highest BCUT2D eigenvalue weighted by Crippen LogP contribution is 2.38. The van der Waals surface area contributed by atoms with Gasteiger partial charge < -0.3 is 0 Å². The minimum absolute atomic E-state index is 0.0351. The van der Waals surface area contributed by atoms with Gasteiger partial charge in [0.15, 0.2) is 0 Å². The van der Waals surface area contributed by atoms with E-state index in [1.807, 2.05) is 67.6 Å². The molecule has 0 saturated carbocycles. The monoisotopic (exact) mass is 403 g/mol. The number of hydrogen-bond donors (Lipinski definition) is 0. The Morgan fingerprint density at radius 2 is 1.78 bits per heavy atom. The molecule has 1 atom stereocenters. The second-order valence-electron chi connectivity index (χ2n) is 5.16. The van der Waals surface area contributed by atoms with Crippen LogP contribution in [0.2, 0.25) is 0 Å². The van der Waals surface area contributed by atoms with Gasteiger partial charge in [-0.15, -0.1) is 0 Å². The van der Waals surface area contributed by atoms with Crippen LogP contribution in [0.5, 0.6) is 0 Å². The molecule has 1 heterocycles. The topological polar surface area (TPSA) is 20.3 Å². The molecule has 116 valence electrons. The van der Waals surface area contributed by atoms with Gasteiger partial charge in [0.25, 0.3) is 5.91 Å². The first-order valence-corrected chi connectivity index (χ1v) is 9.16. The van der Waals surface area contributed by atoms with Gasteiger partial charge >= 0.3 is 0 Å². The summed E-state index contributed by atoms with van der Waals surface area (Å²) in [5.41, 5.74) is 2.05. The molecule has 1 aliphatic rings. The van der Waals surface area contributed by atoms with Crippen molar-refractivity contribution in [3.63, 3.8) is 0 Å². The van der Waals surface area contributed by atoms with E-state index in [0.717, 1.165) is 15.6 Å². The first-order chi connectivity index (χ1) is 11.1. The summed E-state index contributed by atoms with van der Waals surface area (Å²) in [4.78, 5) is 15.1. The average Bonchev–Trinajstić information content (AvgIpc) is 2.84. The summed E-state index contributed by atoms with van der Waals surface area (Å²) in [6.07, 6.45) is 1.89. The number of nitrogens with zero attached hydrogens (tertiary/aromatic N) is 1. The standard InChI is InChI=1S/C18H14BrNOS2/c1-12(13-7-3-2-4-8-13)20-17(21)16(23-18(20)22)11-14-9-5-6-10-15(14)19/h2-12H,1H3/b16-11-/t12-/m1/s1.